The van der Waals surface area contributed by atoms with Crippen LogP contribution in [0.15, 0.2) is 24.3 Å². The SMILES string of the molecule is Cc1ccc(OCCCCOC(C)(C)C)cc1. The van der Waals surface area contributed by atoms with E-state index < -0.39 is 0 Å². The van der Waals surface area contributed by atoms with Crippen molar-refractivity contribution in [2.45, 2.75) is 46.1 Å². The van der Waals surface area contributed by atoms with E-state index in [0.717, 1.165) is 31.8 Å². The van der Waals surface area contributed by atoms with Crippen LogP contribution in [0.3, 0.4) is 0 Å². The second kappa shape index (κ2) is 6.65. The van der Waals surface area contributed by atoms with Gasteiger partial charge in [0.2, 0.25) is 0 Å². The summed E-state index contributed by atoms with van der Waals surface area (Å²) in [6, 6.07) is 8.16. The van der Waals surface area contributed by atoms with Crippen LogP contribution in [-0.2, 0) is 4.74 Å². The lowest BCUT2D eigenvalue weighted by Gasteiger charge is -2.19. The van der Waals surface area contributed by atoms with Crippen LogP contribution in [0.5, 0.6) is 5.75 Å². The Morgan fingerprint density at radius 3 is 2.12 bits per heavy atom. The zero-order chi connectivity index (χ0) is 12.7. The fourth-order valence-electron chi connectivity index (χ4n) is 1.41. The molecule has 0 bridgehead atoms. The highest BCUT2D eigenvalue weighted by Crippen LogP contribution is 2.12. The van der Waals surface area contributed by atoms with Crippen molar-refractivity contribution in [2.24, 2.45) is 0 Å². The van der Waals surface area contributed by atoms with Crippen LogP contribution in [0.2, 0.25) is 0 Å². The van der Waals surface area contributed by atoms with Gasteiger partial charge in [0.25, 0.3) is 0 Å². The zero-order valence-corrected chi connectivity index (χ0v) is 11.5. The molecule has 0 saturated heterocycles. The molecular formula is C15H24O2. The van der Waals surface area contributed by atoms with E-state index in [-0.39, 0.29) is 5.60 Å². The lowest BCUT2D eigenvalue weighted by molar-refractivity contribution is -0.00553. The first-order chi connectivity index (χ1) is 7.97. The molecule has 0 atom stereocenters. The standard InChI is InChI=1S/C15H24O2/c1-13-7-9-14(10-8-13)16-11-5-6-12-17-15(2,3)4/h7-10H,5-6,11-12H2,1-4H3. The van der Waals surface area contributed by atoms with E-state index in [1.807, 2.05) is 12.1 Å². The van der Waals surface area contributed by atoms with Gasteiger partial charge in [-0.3, -0.25) is 0 Å². The normalized spacial score (nSPS) is 11.5. The summed E-state index contributed by atoms with van der Waals surface area (Å²) in [5.41, 5.74) is 1.23. The molecule has 17 heavy (non-hydrogen) atoms. The number of ether oxygens (including phenoxy) is 2. The Bertz CT molecular complexity index is 309. The van der Waals surface area contributed by atoms with Crippen LogP contribution < -0.4 is 4.74 Å². The monoisotopic (exact) mass is 236 g/mol. The molecule has 0 aliphatic rings. The molecule has 2 nitrogen and oxygen atoms in total. The van der Waals surface area contributed by atoms with Crippen molar-refractivity contribution in [3.05, 3.63) is 29.8 Å². The van der Waals surface area contributed by atoms with Gasteiger partial charge in [0.1, 0.15) is 5.75 Å². The minimum Gasteiger partial charge on any atom is -0.494 e. The summed E-state index contributed by atoms with van der Waals surface area (Å²) in [4.78, 5) is 0. The van der Waals surface area contributed by atoms with Gasteiger partial charge in [-0.1, -0.05) is 17.7 Å². The van der Waals surface area contributed by atoms with Crippen molar-refractivity contribution in [2.75, 3.05) is 13.2 Å². The van der Waals surface area contributed by atoms with E-state index in [1.54, 1.807) is 0 Å². The molecule has 0 heterocycles. The quantitative estimate of drug-likeness (QED) is 0.696. The number of aryl methyl sites for hydroxylation is 1. The van der Waals surface area contributed by atoms with E-state index >= 15 is 0 Å². The Hall–Kier alpha value is -1.02. The molecule has 96 valence electrons. The first kappa shape index (κ1) is 14.0. The highest BCUT2D eigenvalue weighted by atomic mass is 16.5. The number of benzene rings is 1. The summed E-state index contributed by atoms with van der Waals surface area (Å²) in [5.74, 6) is 0.951. The van der Waals surface area contributed by atoms with Crippen molar-refractivity contribution < 1.29 is 9.47 Å². The maximum Gasteiger partial charge on any atom is 0.119 e. The first-order valence-electron chi connectivity index (χ1n) is 6.31. The van der Waals surface area contributed by atoms with Crippen molar-refractivity contribution in [1.82, 2.24) is 0 Å². The Morgan fingerprint density at radius 1 is 0.941 bits per heavy atom. The van der Waals surface area contributed by atoms with Gasteiger partial charge in [0.15, 0.2) is 0 Å². The van der Waals surface area contributed by atoms with Crippen molar-refractivity contribution in [3.63, 3.8) is 0 Å². The van der Waals surface area contributed by atoms with Gasteiger partial charge in [-0.05, 0) is 52.7 Å². The summed E-state index contributed by atoms with van der Waals surface area (Å²) in [7, 11) is 0. The number of rotatable bonds is 6. The highest BCUT2D eigenvalue weighted by Gasteiger charge is 2.08. The summed E-state index contributed by atoms with van der Waals surface area (Å²) < 4.78 is 11.3. The molecule has 1 rings (SSSR count). The van der Waals surface area contributed by atoms with Crippen LogP contribution >= 0.6 is 0 Å². The maximum atomic E-state index is 5.64. The first-order valence-corrected chi connectivity index (χ1v) is 6.31. The van der Waals surface area contributed by atoms with Crippen molar-refractivity contribution in [1.29, 1.82) is 0 Å². The lowest BCUT2D eigenvalue weighted by atomic mass is 10.2. The van der Waals surface area contributed by atoms with Gasteiger partial charge >= 0.3 is 0 Å². The topological polar surface area (TPSA) is 18.5 Å². The third kappa shape index (κ3) is 7.01. The second-order valence-corrected chi connectivity index (χ2v) is 5.33. The molecular weight excluding hydrogens is 212 g/mol. The molecule has 0 spiro atoms. The Morgan fingerprint density at radius 2 is 1.53 bits per heavy atom. The molecule has 0 aliphatic heterocycles. The average molecular weight is 236 g/mol. The van der Waals surface area contributed by atoms with E-state index in [4.69, 9.17) is 9.47 Å². The summed E-state index contributed by atoms with van der Waals surface area (Å²) in [6.45, 7) is 9.88. The molecule has 0 saturated carbocycles. The lowest BCUT2D eigenvalue weighted by Crippen LogP contribution is -2.19. The Kier molecular flexibility index (Phi) is 5.49. The van der Waals surface area contributed by atoms with E-state index in [1.165, 1.54) is 5.56 Å². The minimum atomic E-state index is -0.0299. The van der Waals surface area contributed by atoms with Gasteiger partial charge < -0.3 is 9.47 Å². The second-order valence-electron chi connectivity index (χ2n) is 5.33. The third-order valence-corrected chi connectivity index (χ3v) is 2.36. The van der Waals surface area contributed by atoms with Crippen LogP contribution in [0.1, 0.15) is 39.2 Å². The van der Waals surface area contributed by atoms with Crippen LogP contribution in [0, 0.1) is 6.92 Å². The fraction of sp³-hybridized carbons (Fsp3) is 0.600. The molecule has 0 amide bonds. The molecule has 0 N–H and O–H groups in total. The largest absolute Gasteiger partial charge is 0.494 e. The van der Waals surface area contributed by atoms with Crippen LogP contribution in [0.25, 0.3) is 0 Å². The van der Waals surface area contributed by atoms with Gasteiger partial charge in [-0.2, -0.15) is 0 Å². The van der Waals surface area contributed by atoms with Crippen LogP contribution in [0.4, 0.5) is 0 Å². The third-order valence-electron chi connectivity index (χ3n) is 2.36. The molecule has 0 radical (unpaired) electrons. The van der Waals surface area contributed by atoms with Gasteiger partial charge in [-0.25, -0.2) is 0 Å². The van der Waals surface area contributed by atoms with E-state index in [0.29, 0.717) is 0 Å². The van der Waals surface area contributed by atoms with Gasteiger partial charge in [0.05, 0.1) is 12.2 Å². The summed E-state index contributed by atoms with van der Waals surface area (Å²) in [5, 5.41) is 0. The predicted molar refractivity (Wildman–Crippen MR) is 71.6 cm³/mol. The highest BCUT2D eigenvalue weighted by molar-refractivity contribution is 5.26. The number of hydrogen-bond donors (Lipinski definition) is 0. The van der Waals surface area contributed by atoms with Crippen molar-refractivity contribution >= 4 is 0 Å². The molecule has 0 aliphatic carbocycles. The smallest absolute Gasteiger partial charge is 0.119 e. The molecule has 0 aromatic heterocycles. The number of unbranched alkanes of at least 4 members (excludes halogenated alkanes) is 1. The Balaban J connectivity index is 2.07. The van der Waals surface area contributed by atoms with E-state index in [2.05, 4.69) is 39.8 Å². The van der Waals surface area contributed by atoms with E-state index in [9.17, 15) is 0 Å². The predicted octanol–water partition coefficient (Wildman–Crippen LogP) is 3.97. The summed E-state index contributed by atoms with van der Waals surface area (Å²) in [6.07, 6.45) is 2.08. The average Bonchev–Trinajstić information content (AvgIpc) is 2.24. The number of hydrogen-bond acceptors (Lipinski definition) is 2. The van der Waals surface area contributed by atoms with Crippen molar-refractivity contribution in [3.8, 4) is 5.75 Å². The molecule has 1 aromatic carbocycles. The molecule has 0 unspecified atom stereocenters. The molecule has 0 fully saturated rings. The summed E-state index contributed by atoms with van der Waals surface area (Å²) >= 11 is 0. The maximum absolute atomic E-state index is 5.64. The molecule has 2 heteroatoms. The van der Waals surface area contributed by atoms with Crippen LogP contribution in [-0.4, -0.2) is 18.8 Å². The molecule has 1 aromatic rings. The minimum absolute atomic E-state index is 0.0299. The van der Waals surface area contributed by atoms with Gasteiger partial charge in [0, 0.05) is 6.61 Å². The zero-order valence-electron chi connectivity index (χ0n) is 11.5. The Labute approximate surface area is 105 Å². The van der Waals surface area contributed by atoms with Gasteiger partial charge in [-0.15, -0.1) is 0 Å². The fourth-order valence-corrected chi connectivity index (χ4v) is 1.41.